The fourth-order valence-corrected chi connectivity index (χ4v) is 1.50. The van der Waals surface area contributed by atoms with Crippen molar-refractivity contribution in [2.24, 2.45) is 0 Å². The Morgan fingerprint density at radius 3 is 2.75 bits per heavy atom. The zero-order valence-electron chi connectivity index (χ0n) is 10.2. The van der Waals surface area contributed by atoms with Crippen LogP contribution in [0.15, 0.2) is 36.7 Å². The number of aromatic nitrogens is 2. The summed E-state index contributed by atoms with van der Waals surface area (Å²) < 4.78 is 0. The highest BCUT2D eigenvalue weighted by Gasteiger charge is 2.07. The lowest BCUT2D eigenvalue weighted by atomic mass is 10.2. The van der Waals surface area contributed by atoms with Gasteiger partial charge in [-0.05, 0) is 5.56 Å². The molecule has 0 aliphatic carbocycles. The van der Waals surface area contributed by atoms with Crippen molar-refractivity contribution >= 4 is 17.5 Å². The lowest BCUT2D eigenvalue weighted by Gasteiger charge is -2.05. The SMILES string of the molecule is O=C(O)c1cnc(NCc2cccc([N+](=O)[O-])c2)cn1. The van der Waals surface area contributed by atoms with E-state index in [1.165, 1.54) is 18.3 Å². The third-order valence-corrected chi connectivity index (χ3v) is 2.47. The zero-order valence-corrected chi connectivity index (χ0v) is 10.2. The molecule has 20 heavy (non-hydrogen) atoms. The normalized spacial score (nSPS) is 10.0. The number of carbonyl (C=O) groups is 1. The molecule has 0 spiro atoms. The molecule has 1 aromatic heterocycles. The summed E-state index contributed by atoms with van der Waals surface area (Å²) in [6.07, 6.45) is 2.43. The van der Waals surface area contributed by atoms with Gasteiger partial charge in [-0.15, -0.1) is 0 Å². The topological polar surface area (TPSA) is 118 Å². The van der Waals surface area contributed by atoms with Gasteiger partial charge in [-0.2, -0.15) is 0 Å². The summed E-state index contributed by atoms with van der Waals surface area (Å²) in [6, 6.07) is 6.18. The smallest absolute Gasteiger partial charge is 0.356 e. The summed E-state index contributed by atoms with van der Waals surface area (Å²) in [4.78, 5) is 28.4. The second kappa shape index (κ2) is 5.74. The number of aromatic carboxylic acids is 1. The Hall–Kier alpha value is -3.03. The van der Waals surface area contributed by atoms with Crippen molar-refractivity contribution in [2.45, 2.75) is 6.54 Å². The van der Waals surface area contributed by atoms with Gasteiger partial charge < -0.3 is 10.4 Å². The van der Waals surface area contributed by atoms with Crippen molar-refractivity contribution in [3.8, 4) is 0 Å². The average molecular weight is 274 g/mol. The molecule has 0 aliphatic rings. The van der Waals surface area contributed by atoms with Gasteiger partial charge in [0, 0.05) is 18.7 Å². The number of anilines is 1. The molecular formula is C12H10N4O4. The fraction of sp³-hybridized carbons (Fsp3) is 0.0833. The highest BCUT2D eigenvalue weighted by Crippen LogP contribution is 2.14. The summed E-state index contributed by atoms with van der Waals surface area (Å²) in [6.45, 7) is 0.322. The minimum atomic E-state index is -1.15. The van der Waals surface area contributed by atoms with Crippen molar-refractivity contribution in [1.29, 1.82) is 0 Å². The molecule has 0 fully saturated rings. The van der Waals surface area contributed by atoms with Crippen LogP contribution in [0.1, 0.15) is 16.1 Å². The van der Waals surface area contributed by atoms with Crippen LogP contribution >= 0.6 is 0 Å². The molecule has 0 radical (unpaired) electrons. The van der Waals surface area contributed by atoms with Crippen LogP contribution in [0.4, 0.5) is 11.5 Å². The number of benzene rings is 1. The summed E-state index contributed by atoms with van der Waals surface area (Å²) in [5, 5.41) is 22.2. The minimum absolute atomic E-state index is 0.0107. The van der Waals surface area contributed by atoms with Gasteiger partial charge >= 0.3 is 5.97 Å². The highest BCUT2D eigenvalue weighted by atomic mass is 16.6. The molecule has 0 unspecified atom stereocenters. The average Bonchev–Trinajstić information content (AvgIpc) is 2.46. The maximum absolute atomic E-state index is 10.6. The molecule has 0 saturated heterocycles. The Morgan fingerprint density at radius 2 is 2.15 bits per heavy atom. The molecule has 2 rings (SSSR count). The molecule has 8 nitrogen and oxygen atoms in total. The molecule has 2 N–H and O–H groups in total. The number of rotatable bonds is 5. The van der Waals surface area contributed by atoms with Crippen LogP contribution in [0.5, 0.6) is 0 Å². The number of hydrogen-bond acceptors (Lipinski definition) is 6. The van der Waals surface area contributed by atoms with E-state index in [2.05, 4.69) is 15.3 Å². The van der Waals surface area contributed by atoms with Crippen LogP contribution in [0.3, 0.4) is 0 Å². The molecule has 0 saturated carbocycles. The van der Waals surface area contributed by atoms with Gasteiger partial charge in [0.15, 0.2) is 5.69 Å². The second-order valence-corrected chi connectivity index (χ2v) is 3.87. The van der Waals surface area contributed by atoms with Crippen LogP contribution in [-0.2, 0) is 6.54 Å². The molecule has 0 amide bonds. The van der Waals surface area contributed by atoms with Gasteiger partial charge in [0.2, 0.25) is 0 Å². The summed E-state index contributed by atoms with van der Waals surface area (Å²) in [7, 11) is 0. The van der Waals surface area contributed by atoms with Crippen LogP contribution in [0.25, 0.3) is 0 Å². The number of non-ortho nitro benzene ring substituents is 1. The van der Waals surface area contributed by atoms with E-state index in [0.29, 0.717) is 17.9 Å². The maximum Gasteiger partial charge on any atom is 0.356 e. The van der Waals surface area contributed by atoms with E-state index in [1.807, 2.05) is 0 Å². The number of hydrogen-bond donors (Lipinski definition) is 2. The Kier molecular flexibility index (Phi) is 3.85. The van der Waals surface area contributed by atoms with Gasteiger partial charge in [-0.25, -0.2) is 14.8 Å². The Labute approximate surface area is 113 Å². The molecule has 1 heterocycles. The van der Waals surface area contributed by atoms with Gasteiger partial charge in [0.1, 0.15) is 5.82 Å². The van der Waals surface area contributed by atoms with Crippen LogP contribution in [-0.4, -0.2) is 26.0 Å². The molecule has 2 aromatic rings. The second-order valence-electron chi connectivity index (χ2n) is 3.87. The number of carboxylic acid groups (broad SMARTS) is 1. The maximum atomic E-state index is 10.6. The minimum Gasteiger partial charge on any atom is -0.476 e. The summed E-state index contributed by atoms with van der Waals surface area (Å²) in [5.74, 6) is -0.760. The zero-order chi connectivity index (χ0) is 14.5. The number of nitro benzene ring substituents is 1. The van der Waals surface area contributed by atoms with Gasteiger partial charge in [-0.3, -0.25) is 10.1 Å². The molecule has 1 aromatic carbocycles. The van der Waals surface area contributed by atoms with E-state index in [0.717, 1.165) is 6.20 Å². The molecule has 8 heteroatoms. The Morgan fingerprint density at radius 1 is 1.35 bits per heavy atom. The predicted octanol–water partition coefficient (Wildman–Crippen LogP) is 1.70. The summed E-state index contributed by atoms with van der Waals surface area (Å²) >= 11 is 0. The van der Waals surface area contributed by atoms with Crippen LogP contribution in [0, 0.1) is 10.1 Å². The molecule has 0 atom stereocenters. The van der Waals surface area contributed by atoms with Crippen molar-refractivity contribution < 1.29 is 14.8 Å². The standard InChI is InChI=1S/C12H10N4O4/c17-12(18)10-6-15-11(7-13-10)14-5-8-2-1-3-9(4-8)16(19)20/h1-4,6-7H,5H2,(H,14,15)(H,17,18). The van der Waals surface area contributed by atoms with E-state index in [1.54, 1.807) is 12.1 Å². The van der Waals surface area contributed by atoms with Crippen molar-refractivity contribution in [2.75, 3.05) is 5.32 Å². The number of carboxylic acids is 1. The number of nitrogens with one attached hydrogen (secondary N) is 1. The van der Waals surface area contributed by atoms with Crippen LogP contribution in [0.2, 0.25) is 0 Å². The van der Waals surface area contributed by atoms with E-state index in [-0.39, 0.29) is 11.4 Å². The quantitative estimate of drug-likeness (QED) is 0.629. The van der Waals surface area contributed by atoms with Gasteiger partial charge in [0.25, 0.3) is 5.69 Å². The van der Waals surface area contributed by atoms with Crippen molar-refractivity contribution in [3.63, 3.8) is 0 Å². The van der Waals surface area contributed by atoms with Gasteiger partial charge in [-0.1, -0.05) is 12.1 Å². The van der Waals surface area contributed by atoms with Crippen LogP contribution < -0.4 is 5.32 Å². The van der Waals surface area contributed by atoms with E-state index in [9.17, 15) is 14.9 Å². The molecule has 0 bridgehead atoms. The summed E-state index contributed by atoms with van der Waals surface area (Å²) in [5.41, 5.74) is 0.575. The van der Waals surface area contributed by atoms with Gasteiger partial charge in [0.05, 0.1) is 17.3 Å². The first-order valence-corrected chi connectivity index (χ1v) is 5.59. The predicted molar refractivity (Wildman–Crippen MR) is 69.4 cm³/mol. The third kappa shape index (κ3) is 3.25. The molecular weight excluding hydrogens is 264 g/mol. The first kappa shape index (κ1) is 13.4. The van der Waals surface area contributed by atoms with E-state index < -0.39 is 10.9 Å². The lowest BCUT2D eigenvalue weighted by molar-refractivity contribution is -0.384. The monoisotopic (exact) mass is 274 g/mol. The van der Waals surface area contributed by atoms with E-state index >= 15 is 0 Å². The molecule has 102 valence electrons. The third-order valence-electron chi connectivity index (χ3n) is 2.47. The largest absolute Gasteiger partial charge is 0.476 e. The van der Waals surface area contributed by atoms with E-state index in [4.69, 9.17) is 5.11 Å². The number of nitro groups is 1. The Balaban J connectivity index is 2.03. The van der Waals surface area contributed by atoms with Crippen molar-refractivity contribution in [3.05, 3.63) is 58.0 Å². The first-order chi connectivity index (χ1) is 9.56. The fourth-order valence-electron chi connectivity index (χ4n) is 1.50. The molecule has 0 aliphatic heterocycles. The first-order valence-electron chi connectivity index (χ1n) is 5.59. The lowest BCUT2D eigenvalue weighted by Crippen LogP contribution is -2.05. The number of nitrogens with zero attached hydrogens (tertiary/aromatic N) is 3. The highest BCUT2D eigenvalue weighted by molar-refractivity contribution is 5.84. The Bertz CT molecular complexity index is 642. The van der Waals surface area contributed by atoms with Crippen molar-refractivity contribution in [1.82, 2.24) is 9.97 Å².